The van der Waals surface area contributed by atoms with Gasteiger partial charge in [-0.3, -0.25) is 9.69 Å². The lowest BCUT2D eigenvalue weighted by atomic mass is 9.81. The normalized spacial score (nSPS) is 22.7. The topological polar surface area (TPSA) is 75.6 Å². The molecule has 1 amide bonds. The van der Waals surface area contributed by atoms with Crippen LogP contribution in [0.25, 0.3) is 0 Å². The lowest BCUT2D eigenvalue weighted by Gasteiger charge is -2.40. The summed E-state index contributed by atoms with van der Waals surface area (Å²) in [6.07, 6.45) is 5.03. The summed E-state index contributed by atoms with van der Waals surface area (Å²) in [5.74, 6) is 1.04. The third-order valence-electron chi connectivity index (χ3n) is 4.89. The van der Waals surface area contributed by atoms with Crippen LogP contribution in [0.1, 0.15) is 43.6 Å². The fourth-order valence-corrected chi connectivity index (χ4v) is 3.53. The van der Waals surface area contributed by atoms with Crippen LogP contribution >= 0.6 is 0 Å². The van der Waals surface area contributed by atoms with Crippen LogP contribution in [-0.4, -0.2) is 52.6 Å². The van der Waals surface area contributed by atoms with Gasteiger partial charge in [-0.25, -0.2) is 0 Å². The largest absolute Gasteiger partial charge is 0.360 e. The first-order chi connectivity index (χ1) is 10.6. The van der Waals surface area contributed by atoms with Gasteiger partial charge in [0, 0.05) is 32.2 Å². The Morgan fingerprint density at radius 2 is 1.95 bits per heavy atom. The maximum atomic E-state index is 12.7. The molecule has 22 heavy (non-hydrogen) atoms. The molecule has 0 atom stereocenters. The van der Waals surface area contributed by atoms with Gasteiger partial charge in [0.05, 0.1) is 17.8 Å². The van der Waals surface area contributed by atoms with Crippen molar-refractivity contribution in [2.75, 3.05) is 26.2 Å². The van der Waals surface area contributed by atoms with E-state index >= 15 is 0 Å². The number of rotatable bonds is 3. The standard InChI is InChI=1S/C16H26N4O2/c1-13-11-14(22-18-13)12-19-7-9-20(10-8-19)15(21)16(17)5-3-2-4-6-16/h11H,2-10,12,17H2,1H3. The predicted octanol–water partition coefficient (Wildman–Crippen LogP) is 1.29. The first-order valence-corrected chi connectivity index (χ1v) is 8.30. The zero-order valence-electron chi connectivity index (χ0n) is 13.4. The SMILES string of the molecule is Cc1cc(CN2CCN(C(=O)C3(N)CCCCC3)CC2)on1. The first-order valence-electron chi connectivity index (χ1n) is 8.30. The Hall–Kier alpha value is -1.40. The highest BCUT2D eigenvalue weighted by Crippen LogP contribution is 2.28. The minimum Gasteiger partial charge on any atom is -0.360 e. The Kier molecular flexibility index (Phi) is 4.49. The molecule has 2 N–H and O–H groups in total. The van der Waals surface area contributed by atoms with Gasteiger partial charge in [0.15, 0.2) is 5.76 Å². The fourth-order valence-electron chi connectivity index (χ4n) is 3.53. The van der Waals surface area contributed by atoms with Crippen molar-refractivity contribution in [3.05, 3.63) is 17.5 Å². The molecule has 0 radical (unpaired) electrons. The molecule has 1 aliphatic carbocycles. The van der Waals surface area contributed by atoms with Crippen molar-refractivity contribution in [2.45, 2.75) is 51.1 Å². The summed E-state index contributed by atoms with van der Waals surface area (Å²) in [7, 11) is 0. The van der Waals surface area contributed by atoms with Crippen molar-refractivity contribution in [1.29, 1.82) is 0 Å². The van der Waals surface area contributed by atoms with E-state index in [0.29, 0.717) is 0 Å². The Morgan fingerprint density at radius 3 is 2.55 bits per heavy atom. The monoisotopic (exact) mass is 306 g/mol. The second kappa shape index (κ2) is 6.38. The number of hydrogen-bond donors (Lipinski definition) is 1. The van der Waals surface area contributed by atoms with E-state index in [1.165, 1.54) is 6.42 Å². The number of piperazine rings is 1. The maximum absolute atomic E-state index is 12.7. The van der Waals surface area contributed by atoms with Crippen LogP contribution in [0.15, 0.2) is 10.6 Å². The average molecular weight is 306 g/mol. The van der Waals surface area contributed by atoms with Crippen molar-refractivity contribution in [1.82, 2.24) is 15.0 Å². The van der Waals surface area contributed by atoms with Crippen LogP contribution in [0.2, 0.25) is 0 Å². The number of nitrogens with two attached hydrogens (primary N) is 1. The molecule has 1 saturated heterocycles. The summed E-state index contributed by atoms with van der Waals surface area (Å²) in [5.41, 5.74) is 6.67. The van der Waals surface area contributed by atoms with Gasteiger partial charge in [-0.1, -0.05) is 24.4 Å². The molecule has 0 bridgehead atoms. The van der Waals surface area contributed by atoms with Crippen LogP contribution in [0.3, 0.4) is 0 Å². The van der Waals surface area contributed by atoms with E-state index in [9.17, 15) is 4.79 Å². The number of carbonyl (C=O) groups is 1. The van der Waals surface area contributed by atoms with Crippen molar-refractivity contribution >= 4 is 5.91 Å². The molecule has 1 aromatic rings. The molecule has 3 rings (SSSR count). The van der Waals surface area contributed by atoms with Gasteiger partial charge in [-0.15, -0.1) is 0 Å². The molecule has 0 unspecified atom stereocenters. The Bertz CT molecular complexity index is 514. The van der Waals surface area contributed by atoms with Crippen LogP contribution < -0.4 is 5.73 Å². The maximum Gasteiger partial charge on any atom is 0.242 e. The Balaban J connectivity index is 1.51. The third-order valence-corrected chi connectivity index (χ3v) is 4.89. The number of hydrogen-bond acceptors (Lipinski definition) is 5. The molecule has 6 nitrogen and oxygen atoms in total. The van der Waals surface area contributed by atoms with Crippen molar-refractivity contribution in [3.8, 4) is 0 Å². The summed E-state index contributed by atoms with van der Waals surface area (Å²) in [5, 5.41) is 3.91. The van der Waals surface area contributed by atoms with Gasteiger partial charge in [-0.2, -0.15) is 0 Å². The van der Waals surface area contributed by atoms with Crippen molar-refractivity contribution in [2.24, 2.45) is 5.73 Å². The van der Waals surface area contributed by atoms with E-state index in [0.717, 1.165) is 69.9 Å². The number of aromatic nitrogens is 1. The second-order valence-electron chi connectivity index (χ2n) is 6.72. The quantitative estimate of drug-likeness (QED) is 0.910. The molecular formula is C16H26N4O2. The van der Waals surface area contributed by atoms with Gasteiger partial charge < -0.3 is 15.2 Å². The lowest BCUT2D eigenvalue weighted by Crippen LogP contribution is -2.60. The third kappa shape index (κ3) is 3.33. The highest BCUT2D eigenvalue weighted by molar-refractivity contribution is 5.86. The molecule has 1 saturated carbocycles. The van der Waals surface area contributed by atoms with Crippen LogP contribution in [-0.2, 0) is 11.3 Å². The molecule has 1 aromatic heterocycles. The van der Waals surface area contributed by atoms with E-state index in [2.05, 4.69) is 10.1 Å². The zero-order valence-corrected chi connectivity index (χ0v) is 13.4. The highest BCUT2D eigenvalue weighted by Gasteiger charge is 2.39. The first kappa shape index (κ1) is 15.5. The molecule has 122 valence electrons. The molecule has 0 aromatic carbocycles. The highest BCUT2D eigenvalue weighted by atomic mass is 16.5. The van der Waals surface area contributed by atoms with Crippen LogP contribution in [0.5, 0.6) is 0 Å². The summed E-state index contributed by atoms with van der Waals surface area (Å²) in [6, 6.07) is 1.97. The molecule has 0 spiro atoms. The minimum atomic E-state index is -0.609. The lowest BCUT2D eigenvalue weighted by molar-refractivity contribution is -0.140. The summed E-state index contributed by atoms with van der Waals surface area (Å²) in [4.78, 5) is 16.9. The van der Waals surface area contributed by atoms with E-state index in [1.807, 2.05) is 17.9 Å². The molecule has 2 heterocycles. The number of amides is 1. The molecular weight excluding hydrogens is 280 g/mol. The average Bonchev–Trinajstić information content (AvgIpc) is 2.93. The van der Waals surface area contributed by atoms with Crippen LogP contribution in [0, 0.1) is 6.92 Å². The molecule has 2 fully saturated rings. The Morgan fingerprint density at radius 1 is 1.27 bits per heavy atom. The van der Waals surface area contributed by atoms with Crippen molar-refractivity contribution in [3.63, 3.8) is 0 Å². The van der Waals surface area contributed by atoms with E-state index in [-0.39, 0.29) is 5.91 Å². The van der Waals surface area contributed by atoms with E-state index in [1.54, 1.807) is 0 Å². The summed E-state index contributed by atoms with van der Waals surface area (Å²) >= 11 is 0. The van der Waals surface area contributed by atoms with Crippen LogP contribution in [0.4, 0.5) is 0 Å². The Labute approximate surface area is 131 Å². The minimum absolute atomic E-state index is 0.155. The van der Waals surface area contributed by atoms with Gasteiger partial charge in [0.2, 0.25) is 5.91 Å². The summed E-state index contributed by atoms with van der Waals surface area (Å²) in [6.45, 7) is 5.92. The molecule has 2 aliphatic rings. The smallest absolute Gasteiger partial charge is 0.242 e. The predicted molar refractivity (Wildman–Crippen MR) is 83.1 cm³/mol. The van der Waals surface area contributed by atoms with Gasteiger partial charge >= 0.3 is 0 Å². The number of nitrogens with zero attached hydrogens (tertiary/aromatic N) is 3. The van der Waals surface area contributed by atoms with Crippen molar-refractivity contribution < 1.29 is 9.32 Å². The van der Waals surface area contributed by atoms with Gasteiger partial charge in [0.1, 0.15) is 0 Å². The van der Waals surface area contributed by atoms with Gasteiger partial charge in [0.25, 0.3) is 0 Å². The summed E-state index contributed by atoms with van der Waals surface area (Å²) < 4.78 is 5.26. The molecule has 1 aliphatic heterocycles. The van der Waals surface area contributed by atoms with E-state index in [4.69, 9.17) is 10.3 Å². The number of aryl methyl sites for hydroxylation is 1. The van der Waals surface area contributed by atoms with E-state index < -0.39 is 5.54 Å². The zero-order chi connectivity index (χ0) is 15.6. The van der Waals surface area contributed by atoms with Gasteiger partial charge in [-0.05, 0) is 19.8 Å². The number of carbonyl (C=O) groups excluding carboxylic acids is 1. The fraction of sp³-hybridized carbons (Fsp3) is 0.750. The second-order valence-corrected chi connectivity index (χ2v) is 6.72. The molecule has 6 heteroatoms.